The van der Waals surface area contributed by atoms with E-state index in [-0.39, 0.29) is 6.03 Å². The summed E-state index contributed by atoms with van der Waals surface area (Å²) in [5, 5.41) is 5.55. The molecular weight excluding hydrogens is 318 g/mol. The highest BCUT2D eigenvalue weighted by Gasteiger charge is 2.03. The van der Waals surface area contributed by atoms with Gasteiger partial charge in [0.1, 0.15) is 18.1 Å². The summed E-state index contributed by atoms with van der Waals surface area (Å²) in [6.45, 7) is 3.33. The van der Waals surface area contributed by atoms with Gasteiger partial charge in [-0.3, -0.25) is 0 Å². The van der Waals surface area contributed by atoms with E-state index in [1.54, 1.807) is 0 Å². The second-order valence-electron chi connectivity index (χ2n) is 5.58. The van der Waals surface area contributed by atoms with Crippen molar-refractivity contribution in [3.05, 3.63) is 48.5 Å². The van der Waals surface area contributed by atoms with Crippen LogP contribution < -0.4 is 25.0 Å². The van der Waals surface area contributed by atoms with Crippen molar-refractivity contribution in [2.45, 2.75) is 6.92 Å². The zero-order chi connectivity index (χ0) is 18.1. The molecular formula is C19H25N3O3. The second kappa shape index (κ2) is 9.42. The number of carbonyl (C=O) groups is 1. The highest BCUT2D eigenvalue weighted by Crippen LogP contribution is 2.19. The lowest BCUT2D eigenvalue weighted by molar-refractivity contribution is 0.247. The summed E-state index contributed by atoms with van der Waals surface area (Å²) in [4.78, 5) is 13.9. The molecule has 0 atom stereocenters. The van der Waals surface area contributed by atoms with Gasteiger partial charge in [0.05, 0.1) is 13.2 Å². The molecule has 0 bridgehead atoms. The first kappa shape index (κ1) is 18.4. The quantitative estimate of drug-likeness (QED) is 0.722. The molecule has 0 aliphatic rings. The molecule has 2 rings (SSSR count). The maximum absolute atomic E-state index is 11.9. The van der Waals surface area contributed by atoms with Gasteiger partial charge in [-0.2, -0.15) is 0 Å². The number of hydrogen-bond donors (Lipinski definition) is 2. The molecule has 0 heterocycles. The van der Waals surface area contributed by atoms with Crippen molar-refractivity contribution < 1.29 is 14.3 Å². The molecule has 2 amide bonds. The summed E-state index contributed by atoms with van der Waals surface area (Å²) in [5.74, 6) is 1.49. The summed E-state index contributed by atoms with van der Waals surface area (Å²) in [7, 11) is 3.94. The maximum atomic E-state index is 11.9. The number of carbonyl (C=O) groups excluding carboxylic acids is 1. The normalized spacial score (nSPS) is 10.0. The number of urea groups is 1. The predicted molar refractivity (Wildman–Crippen MR) is 101 cm³/mol. The van der Waals surface area contributed by atoms with Crippen LogP contribution in [-0.2, 0) is 0 Å². The van der Waals surface area contributed by atoms with E-state index in [1.165, 1.54) is 0 Å². The Morgan fingerprint density at radius 2 is 1.72 bits per heavy atom. The van der Waals surface area contributed by atoms with Crippen molar-refractivity contribution in [2.24, 2.45) is 0 Å². The lowest BCUT2D eigenvalue weighted by Crippen LogP contribution is -2.32. The van der Waals surface area contributed by atoms with Crippen molar-refractivity contribution in [1.29, 1.82) is 0 Å². The Bertz CT molecular complexity index is 672. The van der Waals surface area contributed by atoms with Crippen LogP contribution in [0.15, 0.2) is 48.5 Å². The zero-order valence-electron chi connectivity index (χ0n) is 14.9. The molecule has 2 N–H and O–H groups in total. The number of anilines is 2. The molecule has 2 aromatic rings. The van der Waals surface area contributed by atoms with E-state index in [2.05, 4.69) is 10.6 Å². The van der Waals surface area contributed by atoms with Crippen LogP contribution in [0.25, 0.3) is 0 Å². The Balaban J connectivity index is 1.70. The number of hydrogen-bond acceptors (Lipinski definition) is 4. The van der Waals surface area contributed by atoms with Gasteiger partial charge in [0.2, 0.25) is 0 Å². The fraction of sp³-hybridized carbons (Fsp3) is 0.316. The number of nitrogens with one attached hydrogen (secondary N) is 2. The molecule has 0 aromatic heterocycles. The fourth-order valence-corrected chi connectivity index (χ4v) is 2.17. The van der Waals surface area contributed by atoms with Gasteiger partial charge in [0, 0.05) is 31.5 Å². The third kappa shape index (κ3) is 6.25. The van der Waals surface area contributed by atoms with Crippen LogP contribution >= 0.6 is 0 Å². The van der Waals surface area contributed by atoms with Gasteiger partial charge < -0.3 is 25.0 Å². The Labute approximate surface area is 148 Å². The minimum Gasteiger partial charge on any atom is -0.494 e. The summed E-state index contributed by atoms with van der Waals surface area (Å²) in [5.41, 5.74) is 1.82. The summed E-state index contributed by atoms with van der Waals surface area (Å²) >= 11 is 0. The molecule has 0 saturated heterocycles. The molecule has 0 unspecified atom stereocenters. The van der Waals surface area contributed by atoms with Crippen LogP contribution in [0, 0.1) is 0 Å². The number of rotatable bonds is 8. The number of benzene rings is 2. The molecule has 0 radical (unpaired) electrons. The van der Waals surface area contributed by atoms with E-state index in [4.69, 9.17) is 9.47 Å². The number of nitrogens with zero attached hydrogens (tertiary/aromatic N) is 1. The highest BCUT2D eigenvalue weighted by atomic mass is 16.5. The van der Waals surface area contributed by atoms with Crippen molar-refractivity contribution in [3.63, 3.8) is 0 Å². The van der Waals surface area contributed by atoms with Crippen LogP contribution in [-0.4, -0.2) is 39.9 Å². The predicted octanol–water partition coefficient (Wildman–Crippen LogP) is 3.35. The Kier molecular flexibility index (Phi) is 6.95. The lowest BCUT2D eigenvalue weighted by Gasteiger charge is -2.13. The van der Waals surface area contributed by atoms with Gasteiger partial charge >= 0.3 is 6.03 Å². The van der Waals surface area contributed by atoms with E-state index < -0.39 is 0 Å². The molecule has 25 heavy (non-hydrogen) atoms. The molecule has 0 fully saturated rings. The van der Waals surface area contributed by atoms with E-state index in [0.717, 1.165) is 17.1 Å². The van der Waals surface area contributed by atoms with Crippen molar-refractivity contribution in [1.82, 2.24) is 5.32 Å². The molecule has 6 heteroatoms. The number of ether oxygens (including phenoxy) is 2. The van der Waals surface area contributed by atoms with Gasteiger partial charge in [-0.15, -0.1) is 0 Å². The summed E-state index contributed by atoms with van der Waals surface area (Å²) in [6, 6.07) is 14.8. The summed E-state index contributed by atoms with van der Waals surface area (Å²) < 4.78 is 11.0. The molecule has 0 aliphatic heterocycles. The van der Waals surface area contributed by atoms with Gasteiger partial charge in [-0.25, -0.2) is 4.79 Å². The average molecular weight is 343 g/mol. The van der Waals surface area contributed by atoms with Gasteiger partial charge in [-0.05, 0) is 43.3 Å². The zero-order valence-corrected chi connectivity index (χ0v) is 14.9. The SMILES string of the molecule is CCOc1cccc(OCCNC(=O)Nc2ccc(N(C)C)cc2)c1. The van der Waals surface area contributed by atoms with Crippen LogP contribution in [0.4, 0.5) is 16.2 Å². The smallest absolute Gasteiger partial charge is 0.319 e. The minimum atomic E-state index is -0.260. The first-order chi connectivity index (χ1) is 12.1. The van der Waals surface area contributed by atoms with Crippen LogP contribution in [0.3, 0.4) is 0 Å². The first-order valence-electron chi connectivity index (χ1n) is 8.26. The van der Waals surface area contributed by atoms with E-state index in [0.29, 0.717) is 25.5 Å². The molecule has 0 saturated carbocycles. The highest BCUT2D eigenvalue weighted by molar-refractivity contribution is 5.89. The minimum absolute atomic E-state index is 0.260. The third-order valence-corrected chi connectivity index (χ3v) is 3.41. The van der Waals surface area contributed by atoms with Crippen molar-refractivity contribution in [2.75, 3.05) is 44.1 Å². The Morgan fingerprint density at radius 1 is 1.04 bits per heavy atom. The fourth-order valence-electron chi connectivity index (χ4n) is 2.17. The van der Waals surface area contributed by atoms with Gasteiger partial charge in [0.15, 0.2) is 0 Å². The second-order valence-corrected chi connectivity index (χ2v) is 5.58. The maximum Gasteiger partial charge on any atom is 0.319 e. The monoisotopic (exact) mass is 343 g/mol. The Hall–Kier alpha value is -2.89. The molecule has 6 nitrogen and oxygen atoms in total. The standard InChI is InChI=1S/C19H25N3O3/c1-4-24-17-6-5-7-18(14-17)25-13-12-20-19(23)21-15-8-10-16(11-9-15)22(2)3/h5-11,14H,4,12-13H2,1-3H3,(H2,20,21,23). The van der Waals surface area contributed by atoms with E-state index in [9.17, 15) is 4.79 Å². The Morgan fingerprint density at radius 3 is 2.36 bits per heavy atom. The van der Waals surface area contributed by atoms with Crippen molar-refractivity contribution >= 4 is 17.4 Å². The third-order valence-electron chi connectivity index (χ3n) is 3.41. The largest absolute Gasteiger partial charge is 0.494 e. The van der Waals surface area contributed by atoms with Gasteiger partial charge in [0.25, 0.3) is 0 Å². The van der Waals surface area contributed by atoms with E-state index >= 15 is 0 Å². The molecule has 134 valence electrons. The van der Waals surface area contributed by atoms with Crippen LogP contribution in [0.5, 0.6) is 11.5 Å². The number of amides is 2. The van der Waals surface area contributed by atoms with Crippen LogP contribution in [0.1, 0.15) is 6.92 Å². The molecule has 2 aromatic carbocycles. The topological polar surface area (TPSA) is 62.8 Å². The first-order valence-corrected chi connectivity index (χ1v) is 8.26. The molecule has 0 aliphatic carbocycles. The average Bonchev–Trinajstić information content (AvgIpc) is 2.60. The van der Waals surface area contributed by atoms with E-state index in [1.807, 2.05) is 74.4 Å². The lowest BCUT2D eigenvalue weighted by atomic mass is 10.2. The van der Waals surface area contributed by atoms with Crippen LogP contribution in [0.2, 0.25) is 0 Å². The van der Waals surface area contributed by atoms with Gasteiger partial charge in [-0.1, -0.05) is 6.07 Å². The van der Waals surface area contributed by atoms with Crippen molar-refractivity contribution in [3.8, 4) is 11.5 Å². The molecule has 0 spiro atoms. The summed E-state index contributed by atoms with van der Waals surface area (Å²) in [6.07, 6.45) is 0.